The minimum atomic E-state index is -2.72. The highest BCUT2D eigenvalue weighted by Crippen LogP contribution is 2.42. The molecule has 7 amide bonds. The second-order valence-corrected chi connectivity index (χ2v) is 33.2. The van der Waals surface area contributed by atoms with Crippen molar-refractivity contribution in [3.63, 3.8) is 0 Å². The lowest BCUT2D eigenvalue weighted by molar-refractivity contribution is -0.405. The summed E-state index contributed by atoms with van der Waals surface area (Å²) in [7, 11) is 0. The molecule has 10 aliphatic rings. The summed E-state index contributed by atoms with van der Waals surface area (Å²) < 4.78 is 116. The summed E-state index contributed by atoms with van der Waals surface area (Å²) in [5.74, 6) is -6.45. The minimum absolute atomic E-state index is 0.816. The van der Waals surface area contributed by atoms with E-state index in [2.05, 4.69) is 37.2 Å². The summed E-state index contributed by atoms with van der Waals surface area (Å²) in [6.07, 6.45) is -92.3. The number of carbonyl (C=O) groups excluding carboxylic acids is 7. The first-order chi connectivity index (χ1) is 62.4. The van der Waals surface area contributed by atoms with Crippen LogP contribution >= 0.6 is 0 Å². The maximum absolute atomic E-state index is 13.5. The molecule has 10 heterocycles. The van der Waals surface area contributed by atoms with Gasteiger partial charge in [0.1, 0.15) is 244 Å². The molecular formula is C74H123N7O51. The standard InChI is InChI=1S/C74H123N7O51/c1-18(91)75-35-50(106)57(29(12-86)115-65(35)113)125-69-40(80-23(6)96)53(109)60(32(15-89)121-69)129-72-56(112)62(46(102)34(124-72)17-114-73-63(54(110)45(101)28(11-85)119-73)131-68-38(78-21(4)94)49(105)44(100)27(10-84)118-68)130-74-64(132-71-41(81-24(7)97)52(108)59(31(14-88)122-71)127-67-37(77-20(3)93)48(104)43(99)26(9-83)117-67)55(111)61(33(16-90)123-74)128-70-39(79-22(5)95)51(107)58(30(13-87)120-70)126-66-36(76-19(2)92)47(103)42(98)25(8-82)116-66/h25-74,82-90,98-113H,8-17H2,1-7H3,(H,75,91)(H,76,92)(H,77,93)(H,78,94)(H,79,95)(H,80,96)(H,81,97)/t25-,26-,27-,28-,29-,30-,31-,32-,33-,34-,35-,36-,37-,38-,39-,40-,41-,42+,43+,44-,45-,46-,47-,48-,49-,50-,51-,52-,53-,54+,55+,56+,57-,58-,59-,60-,61-,62+,63+,64+,65-,66+,67+,68+,69+,70+,71+,72+,73+,74-/m1/s1. The van der Waals surface area contributed by atoms with Crippen LogP contribution in [0.15, 0.2) is 0 Å². The molecule has 0 spiro atoms. The predicted octanol–water partition coefficient (Wildman–Crippen LogP) is -21.8. The van der Waals surface area contributed by atoms with Crippen LogP contribution in [0.5, 0.6) is 0 Å². The van der Waals surface area contributed by atoms with Crippen molar-refractivity contribution < 1.29 is 251 Å². The van der Waals surface area contributed by atoms with E-state index in [9.17, 15) is 161 Å². The Morgan fingerprint density at radius 3 is 0.712 bits per heavy atom. The van der Waals surface area contributed by atoms with Gasteiger partial charge in [-0.05, 0) is 0 Å². The number of aliphatic hydroxyl groups excluding tert-OH is 25. The molecule has 0 unspecified atom stereocenters. The number of ether oxygens (including phenoxy) is 19. The summed E-state index contributed by atoms with van der Waals surface area (Å²) in [5.41, 5.74) is 0. The number of nitrogens with one attached hydrogen (secondary N) is 7. The minimum Gasteiger partial charge on any atom is -0.394 e. The summed E-state index contributed by atoms with van der Waals surface area (Å²) in [4.78, 5) is 89.9. The second kappa shape index (κ2) is 47.9. The molecule has 58 nitrogen and oxygen atoms in total. The van der Waals surface area contributed by atoms with E-state index in [-0.39, 0.29) is 0 Å². The normalized spacial score (nSPS) is 46.7. The van der Waals surface area contributed by atoms with Crippen LogP contribution in [-0.2, 0) is 124 Å². The van der Waals surface area contributed by atoms with Crippen LogP contribution in [0.3, 0.4) is 0 Å². The first-order valence-electron chi connectivity index (χ1n) is 42.1. The SMILES string of the molecule is CC(=O)N[C@@H]1[C@@H](O)[C@H](O[C@@H]2O[C@H](CO)[C@@H](O[C@@H]3O[C@H](CO[C@H]4O[C@H](CO)[C@@H](O)[C@H](O)[C@@H]4O[C@@H]4O[C@H](CO)[C@@H](O)[C@H](O)[C@H]4NC(C)=O)[C@@H](O)[C@H](O[C@H]4O[C@H](CO)[C@@H](O[C@@H]5O[C@H](CO)[C@@H](O[C@@H]6O[C@H](CO)[C@H](O)[C@H](O)[C@H]6NC(C)=O)[C@H](O)[C@H]5NC(C)=O)[C@H](O)[C@@H]4O[C@@H]4O[C@H](CO)[C@@H](O[C@@H]5O[C@H](CO)[C@H](O)[C@H](O)[C@H]5NC(C)=O)[C@H](O)[C@H]4NC(C)=O)[C@@H]3O)[C@H](O)[C@H]2NC(C)=O)[C@@H](CO)O[C@H]1O. The Morgan fingerprint density at radius 2 is 0.409 bits per heavy atom. The number of rotatable bonds is 35. The lowest BCUT2D eigenvalue weighted by Crippen LogP contribution is -2.72. The summed E-state index contributed by atoms with van der Waals surface area (Å²) >= 11 is 0. The molecule has 50 atom stereocenters. The third kappa shape index (κ3) is 24.7. The molecule has 132 heavy (non-hydrogen) atoms. The Bertz CT molecular complexity index is 3710. The Kier molecular flexibility index (Phi) is 39.4. The topological polar surface area (TPSA) is 885 Å². The molecule has 10 rings (SSSR count). The first-order valence-corrected chi connectivity index (χ1v) is 42.1. The van der Waals surface area contributed by atoms with Crippen LogP contribution < -0.4 is 37.2 Å². The van der Waals surface area contributed by atoms with E-state index >= 15 is 0 Å². The molecule has 10 saturated heterocycles. The highest BCUT2D eigenvalue weighted by molar-refractivity contribution is 5.75. The second-order valence-electron chi connectivity index (χ2n) is 33.2. The maximum atomic E-state index is 13.5. The van der Waals surface area contributed by atoms with Gasteiger partial charge in [-0.25, -0.2) is 0 Å². The summed E-state index contributed by atoms with van der Waals surface area (Å²) in [6, 6.07) is -13.1. The van der Waals surface area contributed by atoms with Crippen LogP contribution in [0, 0.1) is 0 Å². The lowest BCUT2D eigenvalue weighted by atomic mass is 9.93. The van der Waals surface area contributed by atoms with Gasteiger partial charge < -0.3 is 255 Å². The lowest BCUT2D eigenvalue weighted by Gasteiger charge is -2.52. The Balaban J connectivity index is 1.07. The van der Waals surface area contributed by atoms with Crippen molar-refractivity contribution in [3.05, 3.63) is 0 Å². The van der Waals surface area contributed by atoms with Gasteiger partial charge in [0.25, 0.3) is 0 Å². The van der Waals surface area contributed by atoms with E-state index in [0.717, 1.165) is 48.5 Å². The quantitative estimate of drug-likeness (QED) is 0.0280. The van der Waals surface area contributed by atoms with Gasteiger partial charge in [-0.1, -0.05) is 0 Å². The Hall–Kier alpha value is -5.47. The molecule has 0 saturated carbocycles. The number of hydrogen-bond acceptors (Lipinski definition) is 51. The number of aliphatic hydroxyl groups is 25. The molecule has 0 aromatic heterocycles. The van der Waals surface area contributed by atoms with Crippen molar-refractivity contribution in [2.24, 2.45) is 0 Å². The molecule has 760 valence electrons. The molecule has 0 aromatic carbocycles. The summed E-state index contributed by atoms with van der Waals surface area (Å²) in [6.45, 7) is -4.94. The third-order valence-corrected chi connectivity index (χ3v) is 23.7. The molecule has 0 aromatic rings. The number of carbonyl (C=O) groups is 7. The van der Waals surface area contributed by atoms with Crippen LogP contribution in [-0.4, -0.2) is 542 Å². The number of amides is 7. The van der Waals surface area contributed by atoms with Crippen molar-refractivity contribution in [1.29, 1.82) is 0 Å². The molecule has 0 aliphatic carbocycles. The van der Waals surface area contributed by atoms with Crippen molar-refractivity contribution >= 4 is 41.4 Å². The highest BCUT2D eigenvalue weighted by Gasteiger charge is 2.63. The van der Waals surface area contributed by atoms with Crippen molar-refractivity contribution in [2.75, 3.05) is 66.1 Å². The van der Waals surface area contributed by atoms with Crippen LogP contribution in [0.4, 0.5) is 0 Å². The zero-order valence-electron chi connectivity index (χ0n) is 71.7. The van der Waals surface area contributed by atoms with Crippen molar-refractivity contribution in [3.8, 4) is 0 Å². The van der Waals surface area contributed by atoms with E-state index in [0.29, 0.717) is 0 Å². The summed E-state index contributed by atoms with van der Waals surface area (Å²) in [5, 5.41) is 301. The van der Waals surface area contributed by atoms with Gasteiger partial charge in [-0.3, -0.25) is 33.6 Å². The monoisotopic (exact) mass is 1930 g/mol. The molecule has 10 aliphatic heterocycles. The van der Waals surface area contributed by atoms with Gasteiger partial charge >= 0.3 is 0 Å². The largest absolute Gasteiger partial charge is 0.394 e. The average Bonchev–Trinajstić information content (AvgIpc) is 0.682. The molecular weight excluding hydrogens is 1800 g/mol. The van der Waals surface area contributed by atoms with E-state index in [1.165, 1.54) is 0 Å². The highest BCUT2D eigenvalue weighted by atomic mass is 16.8. The number of hydrogen-bond donors (Lipinski definition) is 32. The third-order valence-electron chi connectivity index (χ3n) is 23.7. The Morgan fingerprint density at radius 1 is 0.197 bits per heavy atom. The molecule has 0 bridgehead atoms. The maximum Gasteiger partial charge on any atom is 0.217 e. The zero-order valence-corrected chi connectivity index (χ0v) is 71.7. The fourth-order valence-electron chi connectivity index (χ4n) is 17.2. The van der Waals surface area contributed by atoms with Crippen molar-refractivity contribution in [2.45, 2.75) is 355 Å². The zero-order chi connectivity index (χ0) is 97.4. The van der Waals surface area contributed by atoms with Gasteiger partial charge in [0.05, 0.1) is 66.1 Å². The van der Waals surface area contributed by atoms with Gasteiger partial charge in [0, 0.05) is 48.5 Å². The molecule has 0 radical (unpaired) electrons. The first kappa shape index (κ1) is 109. The van der Waals surface area contributed by atoms with E-state index in [4.69, 9.17) is 90.0 Å². The average molecular weight is 1930 g/mol. The molecule has 10 fully saturated rings. The van der Waals surface area contributed by atoms with Crippen LogP contribution in [0.1, 0.15) is 48.5 Å². The van der Waals surface area contributed by atoms with Gasteiger partial charge in [0.2, 0.25) is 41.4 Å². The molecule has 58 heteroatoms. The van der Waals surface area contributed by atoms with E-state index in [1.807, 2.05) is 0 Å². The van der Waals surface area contributed by atoms with E-state index in [1.54, 1.807) is 0 Å². The van der Waals surface area contributed by atoms with Crippen LogP contribution in [0.25, 0.3) is 0 Å². The molecule has 32 N–H and O–H groups in total. The van der Waals surface area contributed by atoms with Gasteiger partial charge in [-0.2, -0.15) is 0 Å². The Labute approximate surface area is 748 Å². The smallest absolute Gasteiger partial charge is 0.217 e. The van der Waals surface area contributed by atoms with Gasteiger partial charge in [-0.15, -0.1) is 0 Å². The van der Waals surface area contributed by atoms with Crippen molar-refractivity contribution in [1.82, 2.24) is 37.2 Å². The van der Waals surface area contributed by atoms with E-state index < -0.39 is 414 Å². The predicted molar refractivity (Wildman–Crippen MR) is 411 cm³/mol. The fraction of sp³-hybridized carbons (Fsp3) is 0.905. The fourth-order valence-corrected chi connectivity index (χ4v) is 17.2. The van der Waals surface area contributed by atoms with Gasteiger partial charge in [0.15, 0.2) is 62.9 Å². The van der Waals surface area contributed by atoms with Crippen LogP contribution in [0.2, 0.25) is 0 Å².